The van der Waals surface area contributed by atoms with Gasteiger partial charge < -0.3 is 0 Å². The van der Waals surface area contributed by atoms with E-state index in [2.05, 4.69) is 56.1 Å². The zero-order valence-electron chi connectivity index (χ0n) is 11.5. The molecule has 0 saturated heterocycles. The summed E-state index contributed by atoms with van der Waals surface area (Å²) < 4.78 is 0. The second-order valence-corrected chi connectivity index (χ2v) is 4.14. The first-order valence-corrected chi connectivity index (χ1v) is 6.50. The molecule has 1 aromatic carbocycles. The van der Waals surface area contributed by atoms with Gasteiger partial charge >= 0.3 is 0 Å². The van der Waals surface area contributed by atoms with Crippen molar-refractivity contribution < 1.29 is 0 Å². The number of rotatable bonds is 5. The van der Waals surface area contributed by atoms with Crippen LogP contribution in [0.4, 0.5) is 0 Å². The molecule has 1 rings (SSSR count). The summed E-state index contributed by atoms with van der Waals surface area (Å²) in [5, 5.41) is 0. The van der Waals surface area contributed by atoms with E-state index in [-0.39, 0.29) is 0 Å². The van der Waals surface area contributed by atoms with E-state index in [4.69, 9.17) is 0 Å². The van der Waals surface area contributed by atoms with Crippen molar-refractivity contribution in [3.8, 4) is 0 Å². The smallest absolute Gasteiger partial charge is 0.0345 e. The Bertz CT molecular complexity index is 396. The number of hydrogen-bond acceptors (Lipinski definition) is 1. The highest BCUT2D eigenvalue weighted by molar-refractivity contribution is 6.00. The minimum absolute atomic E-state index is 0.993. The molecule has 0 saturated carbocycles. The summed E-state index contributed by atoms with van der Waals surface area (Å²) in [6.07, 6.45) is 5.36. The van der Waals surface area contributed by atoms with Gasteiger partial charge in [0.25, 0.3) is 0 Å². The molecular formula is C16H23N. The fourth-order valence-corrected chi connectivity index (χ4v) is 1.87. The molecule has 0 amide bonds. The maximum absolute atomic E-state index is 4.29. The van der Waals surface area contributed by atoms with Gasteiger partial charge in [-0.15, -0.1) is 0 Å². The first-order valence-electron chi connectivity index (χ1n) is 6.50. The summed E-state index contributed by atoms with van der Waals surface area (Å²) in [4.78, 5) is 4.29. The van der Waals surface area contributed by atoms with Crippen LogP contribution in [0.25, 0.3) is 5.57 Å². The molecule has 0 spiro atoms. The Balaban J connectivity index is 3.00. The van der Waals surface area contributed by atoms with Crippen molar-refractivity contribution >= 4 is 11.3 Å². The largest absolute Gasteiger partial charge is 0.293 e. The van der Waals surface area contributed by atoms with Crippen LogP contribution < -0.4 is 0 Å². The maximum atomic E-state index is 4.29. The average Bonchev–Trinajstić information content (AvgIpc) is 2.40. The van der Waals surface area contributed by atoms with Gasteiger partial charge in [-0.3, -0.25) is 4.99 Å². The van der Waals surface area contributed by atoms with E-state index in [0.717, 1.165) is 19.3 Å². The quantitative estimate of drug-likeness (QED) is 0.658. The normalized spacial score (nSPS) is 12.9. The van der Waals surface area contributed by atoms with Crippen LogP contribution in [0.1, 0.15) is 44.7 Å². The van der Waals surface area contributed by atoms with Crippen LogP contribution in [0.5, 0.6) is 0 Å². The third kappa shape index (κ3) is 3.85. The van der Waals surface area contributed by atoms with E-state index in [1.807, 2.05) is 7.05 Å². The van der Waals surface area contributed by atoms with Gasteiger partial charge in [-0.05, 0) is 42.0 Å². The third-order valence-electron chi connectivity index (χ3n) is 3.10. The molecule has 1 aromatic rings. The Morgan fingerprint density at radius 2 is 1.71 bits per heavy atom. The summed E-state index contributed by atoms with van der Waals surface area (Å²) in [6.45, 7) is 6.53. The number of aliphatic imine (C=N–C) groups is 1. The van der Waals surface area contributed by atoms with E-state index < -0.39 is 0 Å². The lowest BCUT2D eigenvalue weighted by atomic mass is 9.99. The van der Waals surface area contributed by atoms with Crippen molar-refractivity contribution in [2.45, 2.75) is 40.0 Å². The highest BCUT2D eigenvalue weighted by atomic mass is 14.7. The number of hydrogen-bond donors (Lipinski definition) is 0. The van der Waals surface area contributed by atoms with Crippen molar-refractivity contribution in [2.75, 3.05) is 7.05 Å². The van der Waals surface area contributed by atoms with E-state index in [0.29, 0.717) is 0 Å². The fraction of sp³-hybridized carbons (Fsp3) is 0.438. The molecule has 0 heterocycles. The minimum Gasteiger partial charge on any atom is -0.293 e. The molecule has 0 aromatic heterocycles. The van der Waals surface area contributed by atoms with Crippen LogP contribution >= 0.6 is 0 Å². The predicted molar refractivity (Wildman–Crippen MR) is 77.7 cm³/mol. The van der Waals surface area contributed by atoms with Gasteiger partial charge in [0.2, 0.25) is 0 Å². The lowest BCUT2D eigenvalue weighted by molar-refractivity contribution is 1.14. The molecule has 0 N–H and O–H groups in total. The lowest BCUT2D eigenvalue weighted by Gasteiger charge is -2.07. The van der Waals surface area contributed by atoms with Crippen LogP contribution in [0.15, 0.2) is 35.3 Å². The molecule has 1 heteroatoms. The monoisotopic (exact) mass is 229 g/mol. The van der Waals surface area contributed by atoms with Gasteiger partial charge in [0.15, 0.2) is 0 Å². The second kappa shape index (κ2) is 7.05. The highest BCUT2D eigenvalue weighted by Gasteiger charge is 2.01. The van der Waals surface area contributed by atoms with Crippen LogP contribution in [-0.4, -0.2) is 12.8 Å². The summed E-state index contributed by atoms with van der Waals surface area (Å²) in [5.41, 5.74) is 5.25. The first kappa shape index (κ1) is 13.7. The molecule has 92 valence electrons. The number of allylic oxidation sites excluding steroid dienone is 2. The second-order valence-electron chi connectivity index (χ2n) is 4.14. The van der Waals surface area contributed by atoms with Crippen molar-refractivity contribution in [1.82, 2.24) is 0 Å². The van der Waals surface area contributed by atoms with Gasteiger partial charge in [0.05, 0.1) is 0 Å². The molecule has 0 fully saturated rings. The zero-order chi connectivity index (χ0) is 12.7. The topological polar surface area (TPSA) is 12.4 Å². The van der Waals surface area contributed by atoms with Gasteiger partial charge in [-0.1, -0.05) is 45.0 Å². The molecule has 0 aliphatic heterocycles. The lowest BCUT2D eigenvalue weighted by Crippen LogP contribution is -1.94. The summed E-state index contributed by atoms with van der Waals surface area (Å²) >= 11 is 0. The van der Waals surface area contributed by atoms with Crippen LogP contribution in [0, 0.1) is 0 Å². The molecule has 0 aliphatic carbocycles. The first-order chi connectivity index (χ1) is 8.24. The molecule has 17 heavy (non-hydrogen) atoms. The number of benzene rings is 1. The van der Waals surface area contributed by atoms with Gasteiger partial charge in [-0.2, -0.15) is 0 Å². The van der Waals surface area contributed by atoms with Crippen molar-refractivity contribution in [2.24, 2.45) is 4.99 Å². The van der Waals surface area contributed by atoms with E-state index >= 15 is 0 Å². The van der Waals surface area contributed by atoms with Gasteiger partial charge in [0.1, 0.15) is 0 Å². The van der Waals surface area contributed by atoms with Crippen LogP contribution in [0.3, 0.4) is 0 Å². The number of nitrogens with zero attached hydrogens (tertiary/aromatic N) is 1. The third-order valence-corrected chi connectivity index (χ3v) is 3.10. The molecule has 0 unspecified atom stereocenters. The molecule has 0 radical (unpaired) electrons. The van der Waals surface area contributed by atoms with E-state index in [1.54, 1.807) is 0 Å². The standard InChI is InChI=1S/C16H23N/c1-5-13-8-10-15(11-9-13)14(6-2)12-16(7-3)17-4/h8-12H,5-7H2,1-4H3/b14-12+,17-16-. The van der Waals surface area contributed by atoms with Crippen LogP contribution in [-0.2, 0) is 6.42 Å². The summed E-state index contributed by atoms with van der Waals surface area (Å²) in [5.74, 6) is 0. The molecule has 0 bridgehead atoms. The van der Waals surface area contributed by atoms with Crippen LogP contribution in [0.2, 0.25) is 0 Å². The van der Waals surface area contributed by atoms with Crippen molar-refractivity contribution in [3.63, 3.8) is 0 Å². The molecular weight excluding hydrogens is 206 g/mol. The average molecular weight is 229 g/mol. The van der Waals surface area contributed by atoms with Crippen molar-refractivity contribution in [3.05, 3.63) is 41.5 Å². The Labute approximate surface area is 105 Å². The molecule has 0 atom stereocenters. The molecule has 1 nitrogen and oxygen atoms in total. The SMILES string of the molecule is CCC(/C=C(\CC)c1ccc(CC)cc1)=N/C. The van der Waals surface area contributed by atoms with Gasteiger partial charge in [0, 0.05) is 12.8 Å². The maximum Gasteiger partial charge on any atom is 0.0345 e. The predicted octanol–water partition coefficient (Wildman–Crippen LogP) is 4.52. The highest BCUT2D eigenvalue weighted by Crippen LogP contribution is 2.19. The van der Waals surface area contributed by atoms with Crippen molar-refractivity contribution in [1.29, 1.82) is 0 Å². The summed E-state index contributed by atoms with van der Waals surface area (Å²) in [6, 6.07) is 8.87. The summed E-state index contributed by atoms with van der Waals surface area (Å²) in [7, 11) is 1.86. The minimum atomic E-state index is 0.993. The molecule has 0 aliphatic rings. The Morgan fingerprint density at radius 1 is 1.06 bits per heavy atom. The number of aryl methyl sites for hydroxylation is 1. The van der Waals surface area contributed by atoms with Gasteiger partial charge in [-0.25, -0.2) is 0 Å². The Morgan fingerprint density at radius 3 is 2.12 bits per heavy atom. The van der Waals surface area contributed by atoms with E-state index in [1.165, 1.54) is 22.4 Å². The Hall–Kier alpha value is -1.37. The van der Waals surface area contributed by atoms with E-state index in [9.17, 15) is 0 Å². The zero-order valence-corrected chi connectivity index (χ0v) is 11.5. The Kier molecular flexibility index (Phi) is 5.68. The fourth-order valence-electron chi connectivity index (χ4n) is 1.87.